The molecule has 15 heavy (non-hydrogen) atoms. The minimum absolute atomic E-state index is 0.144. The number of rotatable bonds is 5. The Kier molecular flexibility index (Phi) is 11.1. The van der Waals surface area contributed by atoms with Crippen LogP contribution in [0, 0.1) is 0 Å². The lowest BCUT2D eigenvalue weighted by atomic mass is 10.6. The molecule has 0 unspecified atom stereocenters. The lowest BCUT2D eigenvalue weighted by Gasteiger charge is -2.20. The standard InChI is InChI=1S/C7H18OSi.C4H7NO/c1-5-7-9(3,4)8-6-2;1-3-4(6)5-2/h5-7H2,1-4H3;3H,1H2,2H3,(H,5,6). The molecule has 0 aromatic heterocycles. The van der Waals surface area contributed by atoms with Crippen molar-refractivity contribution in [3.63, 3.8) is 0 Å². The lowest BCUT2D eigenvalue weighted by Crippen LogP contribution is -2.29. The van der Waals surface area contributed by atoms with E-state index in [2.05, 4.69) is 38.8 Å². The Balaban J connectivity index is 0. The van der Waals surface area contributed by atoms with Gasteiger partial charge in [0, 0.05) is 13.7 Å². The summed E-state index contributed by atoms with van der Waals surface area (Å²) >= 11 is 0. The highest BCUT2D eigenvalue weighted by Crippen LogP contribution is 2.12. The number of carbonyl (C=O) groups excluding carboxylic acids is 1. The first-order valence-corrected chi connectivity index (χ1v) is 8.53. The van der Waals surface area contributed by atoms with Crippen LogP contribution in [0.4, 0.5) is 0 Å². The molecular formula is C11H25NO2Si. The summed E-state index contributed by atoms with van der Waals surface area (Å²) in [7, 11) is 0.356. The zero-order valence-corrected chi connectivity index (χ0v) is 11.7. The lowest BCUT2D eigenvalue weighted by molar-refractivity contribution is -0.116. The van der Waals surface area contributed by atoms with Gasteiger partial charge in [0.1, 0.15) is 0 Å². The fourth-order valence-electron chi connectivity index (χ4n) is 1.17. The van der Waals surface area contributed by atoms with Crippen molar-refractivity contribution in [1.82, 2.24) is 5.32 Å². The van der Waals surface area contributed by atoms with Gasteiger partial charge in [0.25, 0.3) is 0 Å². The third-order valence-corrected chi connectivity index (χ3v) is 4.59. The third-order valence-electron chi connectivity index (χ3n) is 1.82. The van der Waals surface area contributed by atoms with Crippen molar-refractivity contribution in [2.45, 2.75) is 39.4 Å². The molecule has 0 aromatic rings. The summed E-state index contributed by atoms with van der Waals surface area (Å²) in [6.45, 7) is 13.0. The van der Waals surface area contributed by atoms with E-state index in [4.69, 9.17) is 4.43 Å². The molecule has 1 N–H and O–H groups in total. The Hall–Kier alpha value is -0.613. The number of carbonyl (C=O) groups is 1. The summed E-state index contributed by atoms with van der Waals surface area (Å²) < 4.78 is 5.61. The van der Waals surface area contributed by atoms with Gasteiger partial charge in [-0.25, -0.2) is 0 Å². The van der Waals surface area contributed by atoms with Gasteiger partial charge >= 0.3 is 0 Å². The maximum Gasteiger partial charge on any atom is 0.243 e. The quantitative estimate of drug-likeness (QED) is 0.583. The van der Waals surface area contributed by atoms with Crippen molar-refractivity contribution in [1.29, 1.82) is 0 Å². The Morgan fingerprint density at radius 2 is 2.00 bits per heavy atom. The van der Waals surface area contributed by atoms with E-state index in [1.807, 2.05) is 0 Å². The molecule has 1 amide bonds. The van der Waals surface area contributed by atoms with Gasteiger partial charge in [0.2, 0.25) is 5.91 Å². The summed E-state index contributed by atoms with van der Waals surface area (Å²) in [5, 5.41) is 2.36. The van der Waals surface area contributed by atoms with E-state index in [0.717, 1.165) is 6.61 Å². The molecule has 0 aliphatic rings. The molecule has 3 nitrogen and oxygen atoms in total. The number of hydrogen-bond acceptors (Lipinski definition) is 2. The molecule has 0 aliphatic carbocycles. The van der Waals surface area contributed by atoms with Gasteiger partial charge < -0.3 is 9.74 Å². The molecule has 0 atom stereocenters. The van der Waals surface area contributed by atoms with Crippen LogP contribution in [0.3, 0.4) is 0 Å². The van der Waals surface area contributed by atoms with Gasteiger partial charge in [-0.2, -0.15) is 0 Å². The average molecular weight is 231 g/mol. The second kappa shape index (κ2) is 9.92. The van der Waals surface area contributed by atoms with Gasteiger partial charge in [-0.15, -0.1) is 0 Å². The molecule has 0 aliphatic heterocycles. The topological polar surface area (TPSA) is 38.3 Å². The Morgan fingerprint density at radius 1 is 1.47 bits per heavy atom. The summed E-state index contributed by atoms with van der Waals surface area (Å²) in [4.78, 5) is 9.95. The van der Waals surface area contributed by atoms with E-state index < -0.39 is 8.32 Å². The van der Waals surface area contributed by atoms with Gasteiger partial charge in [-0.05, 0) is 32.1 Å². The largest absolute Gasteiger partial charge is 0.418 e. The number of hydrogen-bond donors (Lipinski definition) is 1. The molecule has 0 spiro atoms. The van der Waals surface area contributed by atoms with E-state index in [0.29, 0.717) is 0 Å². The first kappa shape index (κ1) is 16.8. The molecule has 90 valence electrons. The molecule has 0 bridgehead atoms. The van der Waals surface area contributed by atoms with Crippen LogP contribution in [0.1, 0.15) is 20.3 Å². The second-order valence-electron chi connectivity index (χ2n) is 3.76. The van der Waals surface area contributed by atoms with Gasteiger partial charge in [-0.3, -0.25) is 4.79 Å². The van der Waals surface area contributed by atoms with Gasteiger partial charge in [-0.1, -0.05) is 19.9 Å². The van der Waals surface area contributed by atoms with Crippen molar-refractivity contribution in [2.75, 3.05) is 13.7 Å². The Bertz CT molecular complexity index is 173. The molecular weight excluding hydrogens is 206 g/mol. The molecule has 0 heterocycles. The fourth-order valence-corrected chi connectivity index (χ4v) is 3.30. The predicted octanol–water partition coefficient (Wildman–Crippen LogP) is 2.56. The predicted molar refractivity (Wildman–Crippen MR) is 68.5 cm³/mol. The highest BCUT2D eigenvalue weighted by atomic mass is 28.4. The van der Waals surface area contributed by atoms with Crippen LogP contribution >= 0.6 is 0 Å². The van der Waals surface area contributed by atoms with Gasteiger partial charge in [0.05, 0.1) is 0 Å². The minimum atomic E-state index is -1.20. The maximum absolute atomic E-state index is 9.95. The summed E-state index contributed by atoms with van der Waals surface area (Å²) in [6.07, 6.45) is 2.49. The first-order chi connectivity index (χ1) is 6.93. The summed E-state index contributed by atoms with van der Waals surface area (Å²) in [5.74, 6) is -0.144. The number of nitrogens with one attached hydrogen (secondary N) is 1. The molecule has 0 saturated heterocycles. The highest BCUT2D eigenvalue weighted by Gasteiger charge is 2.19. The summed E-state index contributed by atoms with van der Waals surface area (Å²) in [6, 6.07) is 1.29. The van der Waals surface area contributed by atoms with Crippen LogP contribution in [0.2, 0.25) is 19.1 Å². The monoisotopic (exact) mass is 231 g/mol. The summed E-state index contributed by atoms with van der Waals surface area (Å²) in [5.41, 5.74) is 0. The van der Waals surface area contributed by atoms with Gasteiger partial charge in [0.15, 0.2) is 8.32 Å². The second-order valence-corrected chi connectivity index (χ2v) is 8.07. The van der Waals surface area contributed by atoms with Crippen LogP contribution in [0.25, 0.3) is 0 Å². The third kappa shape index (κ3) is 13.4. The first-order valence-electron chi connectivity index (χ1n) is 5.41. The molecule has 0 aromatic carbocycles. The van der Waals surface area contributed by atoms with Crippen LogP contribution < -0.4 is 5.32 Å². The molecule has 0 saturated carbocycles. The highest BCUT2D eigenvalue weighted by molar-refractivity contribution is 6.71. The molecule has 4 heteroatoms. The van der Waals surface area contributed by atoms with Crippen molar-refractivity contribution in [3.05, 3.63) is 12.7 Å². The smallest absolute Gasteiger partial charge is 0.243 e. The SMILES string of the molecule is C=CC(=O)NC.CCC[Si](C)(C)OCC. The van der Waals surface area contributed by atoms with E-state index in [1.165, 1.54) is 18.5 Å². The van der Waals surface area contributed by atoms with Crippen LogP contribution in [0.15, 0.2) is 12.7 Å². The average Bonchev–Trinajstić information content (AvgIpc) is 2.17. The van der Waals surface area contributed by atoms with E-state index in [-0.39, 0.29) is 5.91 Å². The molecule has 0 fully saturated rings. The van der Waals surface area contributed by atoms with Crippen LogP contribution in [-0.4, -0.2) is 27.9 Å². The zero-order valence-electron chi connectivity index (χ0n) is 10.7. The van der Waals surface area contributed by atoms with E-state index in [1.54, 1.807) is 7.05 Å². The minimum Gasteiger partial charge on any atom is -0.418 e. The van der Waals surface area contributed by atoms with Crippen molar-refractivity contribution in [2.24, 2.45) is 0 Å². The van der Waals surface area contributed by atoms with Crippen molar-refractivity contribution >= 4 is 14.2 Å². The van der Waals surface area contributed by atoms with Crippen molar-refractivity contribution in [3.8, 4) is 0 Å². The van der Waals surface area contributed by atoms with Crippen LogP contribution in [0.5, 0.6) is 0 Å². The zero-order chi connectivity index (χ0) is 12.3. The normalized spacial score (nSPS) is 9.93. The van der Waals surface area contributed by atoms with Crippen LogP contribution in [-0.2, 0) is 9.22 Å². The maximum atomic E-state index is 9.95. The number of likely N-dealkylation sites (N-methyl/N-ethyl adjacent to an activating group) is 1. The van der Waals surface area contributed by atoms with Crippen molar-refractivity contribution < 1.29 is 9.22 Å². The molecule has 0 rings (SSSR count). The Labute approximate surface area is 95.0 Å². The Morgan fingerprint density at radius 3 is 2.20 bits per heavy atom. The fraction of sp³-hybridized carbons (Fsp3) is 0.727. The van der Waals surface area contributed by atoms with E-state index >= 15 is 0 Å². The van der Waals surface area contributed by atoms with E-state index in [9.17, 15) is 4.79 Å². The number of amides is 1. The molecule has 0 radical (unpaired) electrons.